The zero-order chi connectivity index (χ0) is 29.0. The molecule has 1 fully saturated rings. The predicted octanol–water partition coefficient (Wildman–Crippen LogP) is 7.00. The van der Waals surface area contributed by atoms with E-state index in [0.29, 0.717) is 18.7 Å². The molecule has 2 aromatic heterocycles. The lowest BCUT2D eigenvalue weighted by Gasteiger charge is -2.42. The fourth-order valence-corrected chi connectivity index (χ4v) is 10.1. The molecule has 1 saturated heterocycles. The molecule has 10 heteroatoms. The van der Waals surface area contributed by atoms with Crippen LogP contribution in [0.5, 0.6) is 0 Å². The predicted molar refractivity (Wildman–Crippen MR) is 168 cm³/mol. The van der Waals surface area contributed by atoms with Crippen LogP contribution in [0.1, 0.15) is 74.2 Å². The van der Waals surface area contributed by atoms with Crippen molar-refractivity contribution >= 4 is 53.8 Å². The third-order valence-corrected chi connectivity index (χ3v) is 12.3. The molecular formula is C31H36N4O3S3. The van der Waals surface area contributed by atoms with Gasteiger partial charge in [0.25, 0.3) is 5.91 Å². The summed E-state index contributed by atoms with van der Waals surface area (Å²) < 4.78 is 29.1. The van der Waals surface area contributed by atoms with E-state index >= 15 is 0 Å². The van der Waals surface area contributed by atoms with Crippen molar-refractivity contribution < 1.29 is 13.2 Å². The largest absolute Gasteiger partial charge is 0.313 e. The smallest absolute Gasteiger partial charge is 0.256 e. The van der Waals surface area contributed by atoms with Crippen LogP contribution in [0.15, 0.2) is 53.4 Å². The minimum Gasteiger partial charge on any atom is -0.313 e. The van der Waals surface area contributed by atoms with Gasteiger partial charge in [0.15, 0.2) is 0 Å². The number of fused-ring (bicyclic) bond motifs is 2. The molecule has 0 atom stereocenters. The van der Waals surface area contributed by atoms with E-state index in [2.05, 4.69) is 44.4 Å². The molecule has 2 aliphatic heterocycles. The molecule has 2 N–H and O–H groups in total. The molecule has 1 amide bonds. The Hall–Kier alpha value is -2.63. The van der Waals surface area contributed by atoms with Crippen molar-refractivity contribution in [3.05, 3.63) is 64.5 Å². The Labute approximate surface area is 250 Å². The average molecular weight is 609 g/mol. The summed E-state index contributed by atoms with van der Waals surface area (Å²) in [4.78, 5) is 20.0. The maximum absolute atomic E-state index is 13.6. The topological polar surface area (TPSA) is 91.4 Å². The Bertz CT molecular complexity index is 1680. The van der Waals surface area contributed by atoms with Crippen molar-refractivity contribution in [1.82, 2.24) is 14.6 Å². The van der Waals surface area contributed by atoms with Crippen LogP contribution in [-0.2, 0) is 22.0 Å². The highest BCUT2D eigenvalue weighted by Crippen LogP contribution is 2.50. The second-order valence-electron chi connectivity index (χ2n) is 12.2. The Balaban J connectivity index is 1.35. The number of thiazole rings is 1. The van der Waals surface area contributed by atoms with Gasteiger partial charge in [0.1, 0.15) is 10.0 Å². The van der Waals surface area contributed by atoms with Crippen LogP contribution in [0, 0.1) is 0 Å². The summed E-state index contributed by atoms with van der Waals surface area (Å²) in [7, 11) is -3.58. The van der Waals surface area contributed by atoms with E-state index in [9.17, 15) is 13.2 Å². The van der Waals surface area contributed by atoms with E-state index in [1.807, 2.05) is 18.2 Å². The summed E-state index contributed by atoms with van der Waals surface area (Å²) in [6.07, 6.45) is 4.69. The molecule has 0 spiro atoms. The molecule has 0 bridgehead atoms. The Kier molecular flexibility index (Phi) is 7.35. The van der Waals surface area contributed by atoms with Gasteiger partial charge in [-0.25, -0.2) is 13.4 Å². The second kappa shape index (κ2) is 10.6. The molecule has 6 rings (SSSR count). The first-order valence-electron chi connectivity index (χ1n) is 14.2. The van der Waals surface area contributed by atoms with Crippen molar-refractivity contribution in [2.45, 2.75) is 75.8 Å². The summed E-state index contributed by atoms with van der Waals surface area (Å²) >= 11 is 3.23. The van der Waals surface area contributed by atoms with Crippen LogP contribution in [0.2, 0.25) is 0 Å². The molecule has 0 unspecified atom stereocenters. The average Bonchev–Trinajstić information content (AvgIpc) is 3.36. The number of hydrogen-bond donors (Lipinski definition) is 2. The molecule has 0 saturated carbocycles. The number of hydrogen-bond acceptors (Lipinski definition) is 7. The zero-order valence-electron chi connectivity index (χ0n) is 23.9. The third-order valence-electron chi connectivity index (χ3n) is 7.90. The fourth-order valence-electron chi connectivity index (χ4n) is 6.21. The van der Waals surface area contributed by atoms with Gasteiger partial charge in [0.2, 0.25) is 10.0 Å². The van der Waals surface area contributed by atoms with E-state index in [0.717, 1.165) is 57.9 Å². The van der Waals surface area contributed by atoms with Gasteiger partial charge in [-0.1, -0.05) is 25.0 Å². The fraction of sp³-hybridized carbons (Fsp3) is 0.419. The summed E-state index contributed by atoms with van der Waals surface area (Å²) in [6.45, 7) is 9.86. The van der Waals surface area contributed by atoms with Crippen molar-refractivity contribution in [1.29, 1.82) is 0 Å². The van der Waals surface area contributed by atoms with E-state index in [4.69, 9.17) is 4.98 Å². The highest BCUT2D eigenvalue weighted by Gasteiger charge is 2.41. The van der Waals surface area contributed by atoms with E-state index < -0.39 is 10.0 Å². The number of para-hydroxylation sites is 1. The van der Waals surface area contributed by atoms with Gasteiger partial charge in [0.05, 0.1) is 15.1 Å². The molecule has 4 aromatic rings. The molecule has 7 nitrogen and oxygen atoms in total. The van der Waals surface area contributed by atoms with Crippen LogP contribution in [0.4, 0.5) is 5.00 Å². The second-order valence-corrected chi connectivity index (χ2v) is 16.2. The summed E-state index contributed by atoms with van der Waals surface area (Å²) in [5, 5.41) is 8.61. The lowest BCUT2D eigenvalue weighted by Crippen LogP contribution is -2.54. The van der Waals surface area contributed by atoms with Gasteiger partial charge >= 0.3 is 0 Å². The number of aromatic nitrogens is 1. The third kappa shape index (κ3) is 5.48. The molecule has 0 radical (unpaired) electrons. The monoisotopic (exact) mass is 608 g/mol. The first kappa shape index (κ1) is 28.5. The summed E-state index contributed by atoms with van der Waals surface area (Å²) in [5.74, 6) is -0.269. The Morgan fingerprint density at radius 3 is 2.32 bits per heavy atom. The van der Waals surface area contributed by atoms with Crippen molar-refractivity contribution in [3.63, 3.8) is 0 Å². The molecule has 216 valence electrons. The van der Waals surface area contributed by atoms with Crippen molar-refractivity contribution in [3.8, 4) is 10.6 Å². The Morgan fingerprint density at radius 1 is 0.951 bits per heavy atom. The normalized spacial score (nSPS) is 19.0. The first-order valence-corrected chi connectivity index (χ1v) is 17.2. The van der Waals surface area contributed by atoms with Crippen LogP contribution in [0.25, 0.3) is 20.8 Å². The Morgan fingerprint density at radius 2 is 1.63 bits per heavy atom. The molecule has 2 aliphatic rings. The quantitative estimate of drug-likeness (QED) is 0.255. The number of carbonyl (C=O) groups is 1. The van der Waals surface area contributed by atoms with Crippen LogP contribution < -0.4 is 10.6 Å². The molecule has 41 heavy (non-hydrogen) atoms. The van der Waals surface area contributed by atoms with E-state index in [1.165, 1.54) is 10.4 Å². The van der Waals surface area contributed by atoms with Crippen LogP contribution in [0.3, 0.4) is 0 Å². The van der Waals surface area contributed by atoms with Gasteiger partial charge in [-0.15, -0.1) is 22.7 Å². The van der Waals surface area contributed by atoms with Gasteiger partial charge in [-0.3, -0.25) is 4.79 Å². The number of nitrogens with zero attached hydrogens (tertiary/aromatic N) is 2. The SMILES string of the molecule is CC1(C)Cc2c(sc(NC(=O)c3ccc(S(=O)(=O)N4CCCCCC4)cc3)c2-c2nc3ccccc3s2)C(C)(C)N1. The number of nitrogens with one attached hydrogen (secondary N) is 2. The van der Waals surface area contributed by atoms with Gasteiger partial charge < -0.3 is 10.6 Å². The number of rotatable bonds is 5. The number of anilines is 1. The standard InChI is InChI=1S/C31H36N4O3S3/c1-30(2)19-22-25(28-32-23-11-7-8-12-24(23)39-28)29(40-26(22)31(3,4)34-30)33-27(36)20-13-15-21(16-14-20)41(37,38)35-17-9-5-6-10-18-35/h7-8,11-16,34H,5-6,9-10,17-19H2,1-4H3,(H,33,36). The van der Waals surface area contributed by atoms with Gasteiger partial charge in [-0.2, -0.15) is 4.31 Å². The van der Waals surface area contributed by atoms with Crippen LogP contribution >= 0.6 is 22.7 Å². The maximum Gasteiger partial charge on any atom is 0.256 e. The van der Waals surface area contributed by atoms with E-state index in [-0.39, 0.29) is 21.9 Å². The zero-order valence-corrected chi connectivity index (χ0v) is 26.4. The molecule has 4 heterocycles. The molecule has 2 aromatic carbocycles. The van der Waals surface area contributed by atoms with E-state index in [1.54, 1.807) is 51.2 Å². The van der Waals surface area contributed by atoms with Crippen molar-refractivity contribution in [2.75, 3.05) is 18.4 Å². The van der Waals surface area contributed by atoms with Gasteiger partial charge in [0, 0.05) is 40.2 Å². The lowest BCUT2D eigenvalue weighted by molar-refractivity contribution is 0.102. The minimum atomic E-state index is -3.58. The lowest BCUT2D eigenvalue weighted by atomic mass is 9.81. The number of carbonyl (C=O) groups excluding carboxylic acids is 1. The number of amides is 1. The highest BCUT2D eigenvalue weighted by atomic mass is 32.2. The summed E-state index contributed by atoms with van der Waals surface area (Å²) in [5.41, 5.74) is 3.16. The van der Waals surface area contributed by atoms with Crippen LogP contribution in [-0.4, -0.2) is 42.2 Å². The number of sulfonamides is 1. The maximum atomic E-state index is 13.6. The first-order chi connectivity index (χ1) is 19.4. The van der Waals surface area contributed by atoms with Gasteiger partial charge in [-0.05, 0) is 88.9 Å². The molecular weight excluding hydrogens is 573 g/mol. The van der Waals surface area contributed by atoms with Crippen molar-refractivity contribution in [2.24, 2.45) is 0 Å². The highest BCUT2D eigenvalue weighted by molar-refractivity contribution is 7.89. The number of benzene rings is 2. The minimum absolute atomic E-state index is 0.126. The number of thiophene rings is 1. The molecule has 0 aliphatic carbocycles. The summed E-state index contributed by atoms with van der Waals surface area (Å²) in [6, 6.07) is 14.4.